The van der Waals surface area contributed by atoms with Gasteiger partial charge in [-0.25, -0.2) is 4.98 Å². The number of aromatic amines is 1. The van der Waals surface area contributed by atoms with Gasteiger partial charge in [-0.3, -0.25) is 28.7 Å². The third kappa shape index (κ3) is 7.68. The molecule has 14 heteroatoms. The number of nitrogens with one attached hydrogen (secondary N) is 2. The highest BCUT2D eigenvalue weighted by molar-refractivity contribution is 5.79. The SMILES string of the molecule is CC(=O)OC[C@H]1O[C@@H](n2cnc3c(=O)[nH]c(Nc4ccc(-c5ccc(N(c6ccccc6)c6ccccc6)cc5)cc4)nc32)[C@H](OC(C)=O)[C@@H]1OC(C)=O. The molecule has 1 fully saturated rings. The summed E-state index contributed by atoms with van der Waals surface area (Å²) in [5.41, 5.74) is 5.33. The maximum absolute atomic E-state index is 13.2. The summed E-state index contributed by atoms with van der Waals surface area (Å²) >= 11 is 0. The Labute approximate surface area is 309 Å². The summed E-state index contributed by atoms with van der Waals surface area (Å²) in [6.07, 6.45) is -3.12. The second kappa shape index (κ2) is 15.4. The number of H-pyrrole nitrogens is 1. The zero-order valence-electron chi connectivity index (χ0n) is 29.5. The Hall–Kier alpha value is -6.80. The second-order valence-corrected chi connectivity index (χ2v) is 12.5. The first-order chi connectivity index (χ1) is 26.1. The van der Waals surface area contributed by atoms with Crippen molar-refractivity contribution < 1.29 is 33.3 Å². The molecule has 1 aliphatic rings. The van der Waals surface area contributed by atoms with Crippen LogP contribution in [0.5, 0.6) is 0 Å². The lowest BCUT2D eigenvalue weighted by Gasteiger charge is -2.25. The van der Waals surface area contributed by atoms with Crippen LogP contribution in [0.4, 0.5) is 28.7 Å². The van der Waals surface area contributed by atoms with Gasteiger partial charge in [0, 0.05) is 43.5 Å². The van der Waals surface area contributed by atoms with Crippen molar-refractivity contribution >= 4 is 57.8 Å². The quantitative estimate of drug-likeness (QED) is 0.113. The third-order valence-corrected chi connectivity index (χ3v) is 8.68. The highest BCUT2D eigenvalue weighted by Gasteiger charge is 2.51. The van der Waals surface area contributed by atoms with Crippen molar-refractivity contribution in [2.75, 3.05) is 16.8 Å². The summed E-state index contributed by atoms with van der Waals surface area (Å²) in [5.74, 6) is -1.79. The monoisotopic (exact) mass is 728 g/mol. The summed E-state index contributed by atoms with van der Waals surface area (Å²) in [7, 11) is 0. The fourth-order valence-electron chi connectivity index (χ4n) is 6.38. The van der Waals surface area contributed by atoms with Crippen LogP contribution in [-0.4, -0.2) is 62.3 Å². The predicted octanol–water partition coefficient (Wildman–Crippen LogP) is 6.32. The van der Waals surface area contributed by atoms with Gasteiger partial charge in [-0.2, -0.15) is 4.98 Å². The molecule has 0 spiro atoms. The number of benzene rings is 4. The molecule has 2 N–H and O–H groups in total. The summed E-state index contributed by atoms with van der Waals surface area (Å²) in [6.45, 7) is 3.34. The van der Waals surface area contributed by atoms with Crippen molar-refractivity contribution in [3.05, 3.63) is 126 Å². The molecule has 0 amide bonds. The van der Waals surface area contributed by atoms with E-state index < -0.39 is 48.0 Å². The van der Waals surface area contributed by atoms with E-state index >= 15 is 0 Å². The van der Waals surface area contributed by atoms with Crippen molar-refractivity contribution in [3.8, 4) is 11.1 Å². The number of imidazole rings is 1. The molecule has 6 aromatic rings. The van der Waals surface area contributed by atoms with Gasteiger partial charge < -0.3 is 29.2 Å². The number of carbonyl (C=O) groups is 3. The van der Waals surface area contributed by atoms with Gasteiger partial charge in [0.2, 0.25) is 5.95 Å². The lowest BCUT2D eigenvalue weighted by molar-refractivity contribution is -0.166. The molecule has 2 aromatic heterocycles. The van der Waals surface area contributed by atoms with Crippen LogP contribution < -0.4 is 15.8 Å². The van der Waals surface area contributed by atoms with E-state index in [1.54, 1.807) is 0 Å². The van der Waals surface area contributed by atoms with Gasteiger partial charge >= 0.3 is 17.9 Å². The highest BCUT2D eigenvalue weighted by atomic mass is 16.7. The topological polar surface area (TPSA) is 167 Å². The normalized spacial score (nSPS) is 17.8. The van der Waals surface area contributed by atoms with Gasteiger partial charge in [-0.15, -0.1) is 0 Å². The number of nitrogens with zero attached hydrogens (tertiary/aromatic N) is 4. The van der Waals surface area contributed by atoms with E-state index in [0.29, 0.717) is 5.69 Å². The molecular formula is C40H36N6O8. The van der Waals surface area contributed by atoms with Gasteiger partial charge in [0.05, 0.1) is 6.33 Å². The van der Waals surface area contributed by atoms with Gasteiger partial charge in [0.25, 0.3) is 5.56 Å². The number of para-hydroxylation sites is 2. The van der Waals surface area contributed by atoms with Gasteiger partial charge in [-0.05, 0) is 59.7 Å². The fourth-order valence-corrected chi connectivity index (χ4v) is 6.38. The van der Waals surface area contributed by atoms with E-state index in [4.69, 9.17) is 18.9 Å². The van der Waals surface area contributed by atoms with Crippen molar-refractivity contribution in [2.45, 2.75) is 45.3 Å². The Morgan fingerprint density at radius 2 is 1.31 bits per heavy atom. The van der Waals surface area contributed by atoms with E-state index in [1.165, 1.54) is 31.7 Å². The van der Waals surface area contributed by atoms with Crippen LogP contribution >= 0.6 is 0 Å². The molecular weight excluding hydrogens is 692 g/mol. The molecule has 0 saturated carbocycles. The van der Waals surface area contributed by atoms with Crippen LogP contribution in [0, 0.1) is 0 Å². The standard InChI is InChI=1S/C40H36N6O8/c1-24(47)51-22-33-35(52-25(2)48)36(53-26(3)49)39(54-33)45-23-41-34-37(45)43-40(44-38(34)50)42-29-18-14-27(15-19-29)28-16-20-32(21-17-28)46(30-10-6-4-7-11-30)31-12-8-5-9-13-31/h4-21,23,33,35-36,39H,22H2,1-3H3,(H2,42,43,44,50)/t33-,35-,36-,39-/m1/s1. The van der Waals surface area contributed by atoms with Crippen LogP contribution in [-0.2, 0) is 33.3 Å². The number of hydrogen-bond acceptors (Lipinski definition) is 12. The molecule has 7 rings (SSSR count). The molecule has 0 bridgehead atoms. The van der Waals surface area contributed by atoms with Gasteiger partial charge in [-0.1, -0.05) is 60.7 Å². The predicted molar refractivity (Wildman–Crippen MR) is 200 cm³/mol. The van der Waals surface area contributed by atoms with Gasteiger partial charge in [0.15, 0.2) is 29.6 Å². The Morgan fingerprint density at radius 3 is 1.89 bits per heavy atom. The minimum absolute atomic E-state index is 0.00455. The van der Waals surface area contributed by atoms with E-state index in [0.717, 1.165) is 28.2 Å². The average molecular weight is 729 g/mol. The molecule has 1 saturated heterocycles. The van der Waals surface area contributed by atoms with Crippen molar-refractivity contribution in [1.29, 1.82) is 0 Å². The van der Waals surface area contributed by atoms with Crippen molar-refractivity contribution in [1.82, 2.24) is 19.5 Å². The molecule has 14 nitrogen and oxygen atoms in total. The molecule has 0 aliphatic carbocycles. The van der Waals surface area contributed by atoms with Crippen LogP contribution in [0.3, 0.4) is 0 Å². The number of aromatic nitrogens is 4. The number of ether oxygens (including phenoxy) is 4. The maximum atomic E-state index is 13.2. The minimum atomic E-state index is -1.18. The lowest BCUT2D eigenvalue weighted by atomic mass is 10.0. The molecule has 3 heterocycles. The first-order valence-electron chi connectivity index (χ1n) is 17.1. The Kier molecular flexibility index (Phi) is 10.2. The number of fused-ring (bicyclic) bond motifs is 1. The summed E-state index contributed by atoms with van der Waals surface area (Å²) in [6, 6.07) is 36.3. The minimum Gasteiger partial charge on any atom is -0.463 e. The Balaban J connectivity index is 1.13. The Bertz CT molecular complexity index is 2290. The van der Waals surface area contributed by atoms with Crippen LogP contribution in [0.2, 0.25) is 0 Å². The van der Waals surface area contributed by atoms with E-state index in [-0.39, 0.29) is 23.7 Å². The first kappa shape index (κ1) is 35.6. The summed E-state index contributed by atoms with van der Waals surface area (Å²) in [5, 5.41) is 3.14. The highest BCUT2D eigenvalue weighted by Crippen LogP contribution is 2.37. The molecule has 274 valence electrons. The maximum Gasteiger partial charge on any atom is 0.303 e. The summed E-state index contributed by atoms with van der Waals surface area (Å²) < 4.78 is 23.7. The molecule has 4 atom stereocenters. The van der Waals surface area contributed by atoms with E-state index in [1.807, 2.05) is 60.7 Å². The van der Waals surface area contributed by atoms with E-state index in [9.17, 15) is 19.2 Å². The van der Waals surface area contributed by atoms with Crippen LogP contribution in [0.1, 0.15) is 27.0 Å². The number of rotatable bonds is 11. The van der Waals surface area contributed by atoms with Crippen molar-refractivity contribution in [3.63, 3.8) is 0 Å². The smallest absolute Gasteiger partial charge is 0.303 e. The molecule has 4 aromatic carbocycles. The number of anilines is 5. The molecule has 1 aliphatic heterocycles. The molecule has 54 heavy (non-hydrogen) atoms. The number of hydrogen-bond donors (Lipinski definition) is 2. The third-order valence-electron chi connectivity index (χ3n) is 8.68. The molecule has 0 radical (unpaired) electrons. The van der Waals surface area contributed by atoms with Crippen molar-refractivity contribution in [2.24, 2.45) is 0 Å². The number of esters is 3. The largest absolute Gasteiger partial charge is 0.463 e. The zero-order chi connectivity index (χ0) is 37.8. The number of carbonyl (C=O) groups excluding carboxylic acids is 3. The average Bonchev–Trinajstić information content (AvgIpc) is 3.73. The van der Waals surface area contributed by atoms with Crippen LogP contribution in [0.15, 0.2) is 120 Å². The van der Waals surface area contributed by atoms with Crippen LogP contribution in [0.25, 0.3) is 22.3 Å². The fraction of sp³-hybridized carbons (Fsp3) is 0.200. The Morgan fingerprint density at radius 1 is 0.759 bits per heavy atom. The summed E-state index contributed by atoms with van der Waals surface area (Å²) in [4.78, 5) is 62.6. The molecule has 0 unspecified atom stereocenters. The first-order valence-corrected chi connectivity index (χ1v) is 17.1. The van der Waals surface area contributed by atoms with E-state index in [2.05, 4.69) is 73.7 Å². The lowest BCUT2D eigenvalue weighted by Crippen LogP contribution is -2.40. The zero-order valence-corrected chi connectivity index (χ0v) is 29.5. The van der Waals surface area contributed by atoms with Gasteiger partial charge in [0.1, 0.15) is 12.7 Å². The second-order valence-electron chi connectivity index (χ2n) is 12.5.